The van der Waals surface area contributed by atoms with Crippen molar-refractivity contribution in [3.63, 3.8) is 0 Å². The van der Waals surface area contributed by atoms with Crippen molar-refractivity contribution in [3.8, 4) is 0 Å². The van der Waals surface area contributed by atoms with Gasteiger partial charge >= 0.3 is 11.9 Å². The number of hydrogen-bond acceptors (Lipinski definition) is 7. The Kier molecular flexibility index (Phi) is 21.5. The maximum absolute atomic E-state index is 10.2. The minimum atomic E-state index is -1.28. The average molecular weight is 449 g/mol. The van der Waals surface area contributed by atoms with Crippen LogP contribution in [0.3, 0.4) is 0 Å². The quantitative estimate of drug-likeness (QED) is 0.184. The Hall–Kier alpha value is -1.94. The van der Waals surface area contributed by atoms with Gasteiger partial charge in [0.05, 0.1) is 12.7 Å². The second-order valence-electron chi connectivity index (χ2n) is 7.14. The maximum Gasteiger partial charge on any atom is 0.371 e. The number of hydrogen-bond donors (Lipinski definition) is 6. The fourth-order valence-electron chi connectivity index (χ4n) is 2.43. The number of furan rings is 1. The van der Waals surface area contributed by atoms with E-state index in [-0.39, 0.29) is 18.1 Å². The van der Waals surface area contributed by atoms with Crippen molar-refractivity contribution in [3.05, 3.63) is 23.7 Å². The zero-order valence-electron chi connectivity index (χ0n) is 18.7. The lowest BCUT2D eigenvalue weighted by Gasteiger charge is -2.06. The Balaban J connectivity index is 0. The van der Waals surface area contributed by atoms with Gasteiger partial charge in [-0.05, 0) is 25.0 Å². The lowest BCUT2D eigenvalue weighted by Crippen LogP contribution is -2.10. The van der Waals surface area contributed by atoms with Crippen molar-refractivity contribution >= 4 is 11.9 Å². The van der Waals surface area contributed by atoms with Gasteiger partial charge in [-0.3, -0.25) is 0 Å². The minimum Gasteiger partial charge on any atom is -0.475 e. The van der Waals surface area contributed by atoms with E-state index in [0.717, 1.165) is 31.4 Å². The first-order valence-electron chi connectivity index (χ1n) is 10.9. The Bertz CT molecular complexity index is 526. The summed E-state index contributed by atoms with van der Waals surface area (Å²) in [6, 6.07) is 2.18. The highest BCUT2D eigenvalue weighted by atomic mass is 16.5. The normalized spacial score (nSPS) is 11.2. The number of rotatable bonds is 14. The number of carbonyl (C=O) groups is 2. The van der Waals surface area contributed by atoms with Crippen LogP contribution >= 0.6 is 0 Å². The standard InChI is InChI=1S/C12H26O2.C6H4O5.C4H10O2/c1-2-3-4-5-6-7-8-9-10-12(14)11-13;7-5(8)3-1-2-4(11-3)6(9)10;1-2-3-4(5)6/h12-14H,2-11H2,1H3;1-2H,(H,7,8)(H,9,10);4-6H,2-3H2,1H3. The van der Waals surface area contributed by atoms with E-state index in [0.29, 0.717) is 6.42 Å². The Morgan fingerprint density at radius 2 is 1.23 bits per heavy atom. The molecule has 1 heterocycles. The number of unbranched alkanes of at least 4 members (excludes halogenated alkanes) is 7. The van der Waals surface area contributed by atoms with Gasteiger partial charge in [0, 0.05) is 0 Å². The molecule has 0 aliphatic heterocycles. The molecule has 31 heavy (non-hydrogen) atoms. The molecule has 9 nitrogen and oxygen atoms in total. The van der Waals surface area contributed by atoms with Crippen molar-refractivity contribution in [1.29, 1.82) is 0 Å². The van der Waals surface area contributed by atoms with Crippen LogP contribution in [-0.4, -0.2) is 61.6 Å². The van der Waals surface area contributed by atoms with Gasteiger partial charge in [-0.1, -0.05) is 71.6 Å². The SMILES string of the molecule is CCCC(O)O.CCCCCCCCCCC(O)CO.O=C(O)c1ccc(C(=O)O)o1. The summed E-state index contributed by atoms with van der Waals surface area (Å²) in [5.41, 5.74) is 0. The van der Waals surface area contributed by atoms with Crippen LogP contribution in [0.4, 0.5) is 0 Å². The molecule has 182 valence electrons. The van der Waals surface area contributed by atoms with E-state index in [9.17, 15) is 9.59 Å². The Labute approximate surface area is 184 Å². The molecule has 0 spiro atoms. The van der Waals surface area contributed by atoms with Crippen LogP contribution in [0.5, 0.6) is 0 Å². The molecule has 1 unspecified atom stereocenters. The number of carboxylic acids is 2. The molecule has 0 bridgehead atoms. The van der Waals surface area contributed by atoms with Gasteiger partial charge in [-0.25, -0.2) is 9.59 Å². The third-order valence-electron chi connectivity index (χ3n) is 4.18. The van der Waals surface area contributed by atoms with Gasteiger partial charge in [0.2, 0.25) is 11.5 Å². The van der Waals surface area contributed by atoms with Crippen LogP contribution in [-0.2, 0) is 0 Å². The third kappa shape index (κ3) is 21.1. The molecule has 6 N–H and O–H groups in total. The van der Waals surface area contributed by atoms with Gasteiger partial charge < -0.3 is 35.1 Å². The molecule has 1 aromatic heterocycles. The maximum atomic E-state index is 10.2. The van der Waals surface area contributed by atoms with Crippen LogP contribution in [0.2, 0.25) is 0 Å². The molecular weight excluding hydrogens is 408 g/mol. The molecule has 0 radical (unpaired) electrons. The van der Waals surface area contributed by atoms with Gasteiger partial charge in [0.25, 0.3) is 0 Å². The Morgan fingerprint density at radius 3 is 1.52 bits per heavy atom. The summed E-state index contributed by atoms with van der Waals surface area (Å²) in [5, 5.41) is 50.5. The van der Waals surface area contributed by atoms with Gasteiger partial charge in [0.1, 0.15) is 0 Å². The first-order chi connectivity index (χ1) is 14.7. The third-order valence-corrected chi connectivity index (χ3v) is 4.18. The topological polar surface area (TPSA) is 169 Å². The largest absolute Gasteiger partial charge is 0.475 e. The molecule has 0 saturated carbocycles. The van der Waals surface area contributed by atoms with Crippen molar-refractivity contribution in [2.24, 2.45) is 0 Å². The van der Waals surface area contributed by atoms with E-state index < -0.39 is 24.3 Å². The zero-order valence-corrected chi connectivity index (χ0v) is 18.7. The van der Waals surface area contributed by atoms with Crippen LogP contribution in [0, 0.1) is 0 Å². The Morgan fingerprint density at radius 1 is 0.774 bits per heavy atom. The van der Waals surface area contributed by atoms with E-state index in [1.54, 1.807) is 0 Å². The molecule has 0 amide bonds. The summed E-state index contributed by atoms with van der Waals surface area (Å²) in [7, 11) is 0. The predicted molar refractivity (Wildman–Crippen MR) is 116 cm³/mol. The van der Waals surface area contributed by atoms with Crippen molar-refractivity contribution in [2.75, 3.05) is 6.61 Å². The molecule has 0 aromatic carbocycles. The van der Waals surface area contributed by atoms with Crippen molar-refractivity contribution < 1.29 is 44.6 Å². The molecule has 0 aliphatic carbocycles. The molecule has 9 heteroatoms. The highest BCUT2D eigenvalue weighted by molar-refractivity contribution is 5.88. The van der Waals surface area contributed by atoms with E-state index in [4.69, 9.17) is 30.6 Å². The van der Waals surface area contributed by atoms with E-state index in [1.807, 2.05) is 6.92 Å². The average Bonchev–Trinajstić information content (AvgIpc) is 3.22. The number of carboxylic acid groups (broad SMARTS) is 2. The zero-order chi connectivity index (χ0) is 24.1. The summed E-state index contributed by atoms with van der Waals surface area (Å²) < 4.78 is 4.41. The van der Waals surface area contributed by atoms with E-state index in [2.05, 4.69) is 11.3 Å². The van der Waals surface area contributed by atoms with Crippen LogP contribution in [0.1, 0.15) is 106 Å². The highest BCUT2D eigenvalue weighted by Crippen LogP contribution is 2.10. The van der Waals surface area contributed by atoms with Gasteiger partial charge in [0.15, 0.2) is 6.29 Å². The summed E-state index contributed by atoms with van der Waals surface area (Å²) in [6.07, 6.45) is 10.7. The van der Waals surface area contributed by atoms with Crippen molar-refractivity contribution in [2.45, 2.75) is 96.9 Å². The van der Waals surface area contributed by atoms with E-state index >= 15 is 0 Å². The second kappa shape index (κ2) is 21.3. The second-order valence-corrected chi connectivity index (χ2v) is 7.14. The fraction of sp³-hybridized carbons (Fsp3) is 0.727. The summed E-state index contributed by atoms with van der Waals surface area (Å²) in [4.78, 5) is 20.3. The van der Waals surface area contributed by atoms with Crippen LogP contribution < -0.4 is 0 Å². The number of aromatic carboxylic acids is 2. The molecule has 0 aliphatic rings. The molecule has 1 rings (SSSR count). The molecule has 1 atom stereocenters. The minimum absolute atomic E-state index is 0.0868. The van der Waals surface area contributed by atoms with E-state index in [1.165, 1.54) is 44.9 Å². The highest BCUT2D eigenvalue weighted by Gasteiger charge is 2.12. The number of aliphatic hydroxyl groups excluding tert-OH is 3. The summed E-state index contributed by atoms with van der Waals surface area (Å²) in [5.74, 6) is -3.31. The monoisotopic (exact) mass is 448 g/mol. The van der Waals surface area contributed by atoms with Crippen molar-refractivity contribution in [1.82, 2.24) is 0 Å². The predicted octanol–water partition coefficient (Wildman–Crippen LogP) is 3.64. The van der Waals surface area contributed by atoms with Crippen LogP contribution in [0.25, 0.3) is 0 Å². The van der Waals surface area contributed by atoms with Gasteiger partial charge in [-0.15, -0.1) is 0 Å². The lowest BCUT2D eigenvalue weighted by molar-refractivity contribution is -0.0453. The first-order valence-corrected chi connectivity index (χ1v) is 10.9. The fourth-order valence-corrected chi connectivity index (χ4v) is 2.43. The first kappa shape index (κ1) is 31.2. The number of aliphatic hydroxyl groups is 4. The smallest absolute Gasteiger partial charge is 0.371 e. The summed E-state index contributed by atoms with van der Waals surface area (Å²) in [6.45, 7) is 4.05. The summed E-state index contributed by atoms with van der Waals surface area (Å²) >= 11 is 0. The van der Waals surface area contributed by atoms with Gasteiger partial charge in [-0.2, -0.15) is 0 Å². The molecule has 1 aromatic rings. The molecule has 0 fully saturated rings. The molecule has 0 saturated heterocycles. The van der Waals surface area contributed by atoms with Crippen LogP contribution in [0.15, 0.2) is 16.5 Å². The molecular formula is C22H40O9. The lowest BCUT2D eigenvalue weighted by atomic mass is 10.1.